The molecule has 0 aromatic heterocycles. The van der Waals surface area contributed by atoms with Crippen LogP contribution in [0.2, 0.25) is 5.02 Å². The van der Waals surface area contributed by atoms with Gasteiger partial charge in [-0.1, -0.05) is 41.9 Å². The van der Waals surface area contributed by atoms with E-state index in [2.05, 4.69) is 5.32 Å². The first-order valence-electron chi connectivity index (χ1n) is 8.22. The van der Waals surface area contributed by atoms with Crippen molar-refractivity contribution in [2.75, 3.05) is 11.9 Å². The number of amides is 3. The van der Waals surface area contributed by atoms with Crippen molar-refractivity contribution in [2.45, 2.75) is 13.8 Å². The second-order valence-electron chi connectivity index (χ2n) is 6.14. The summed E-state index contributed by atoms with van der Waals surface area (Å²) in [6.07, 6.45) is 1.60. The Morgan fingerprint density at radius 2 is 1.81 bits per heavy atom. The molecule has 0 saturated carbocycles. The van der Waals surface area contributed by atoms with E-state index in [0.717, 1.165) is 27.8 Å². The quantitative estimate of drug-likeness (QED) is 0.759. The Bertz CT molecular complexity index is 951. The molecule has 1 aliphatic heterocycles. The second-order valence-corrected chi connectivity index (χ2v) is 7.57. The van der Waals surface area contributed by atoms with Gasteiger partial charge in [-0.2, -0.15) is 0 Å². The molecular formula is C20H17ClN2O3S. The summed E-state index contributed by atoms with van der Waals surface area (Å²) in [5, 5.41) is 2.86. The van der Waals surface area contributed by atoms with Crippen molar-refractivity contribution >= 4 is 52.2 Å². The monoisotopic (exact) mass is 400 g/mol. The van der Waals surface area contributed by atoms with E-state index in [1.807, 2.05) is 32.0 Å². The third-order valence-corrected chi connectivity index (χ3v) is 5.21. The molecule has 0 bridgehead atoms. The second kappa shape index (κ2) is 7.98. The number of carbonyl (C=O) groups is 3. The van der Waals surface area contributed by atoms with Crippen LogP contribution in [0.25, 0.3) is 6.08 Å². The molecule has 2 aromatic carbocycles. The van der Waals surface area contributed by atoms with Crippen LogP contribution in [0, 0.1) is 13.8 Å². The van der Waals surface area contributed by atoms with E-state index in [-0.39, 0.29) is 11.4 Å². The maximum Gasteiger partial charge on any atom is 0.294 e. The van der Waals surface area contributed by atoms with Crippen molar-refractivity contribution in [3.63, 3.8) is 0 Å². The maximum absolute atomic E-state index is 12.5. The molecule has 1 aliphatic rings. The van der Waals surface area contributed by atoms with Gasteiger partial charge in [0.25, 0.3) is 11.1 Å². The number of carbonyl (C=O) groups excluding carboxylic acids is 3. The number of hydrogen-bond donors (Lipinski definition) is 1. The van der Waals surface area contributed by atoms with Gasteiger partial charge in [0.2, 0.25) is 5.91 Å². The van der Waals surface area contributed by atoms with E-state index in [4.69, 9.17) is 11.6 Å². The minimum absolute atomic E-state index is 0.266. The standard InChI is InChI=1S/C20H17ClN2O3S/c1-12-5-3-6-13(2)18(12)22-17(24)11-23-19(25)16(27-20(23)26)10-14-7-4-8-15(21)9-14/h3-10H,11H2,1-2H3,(H,22,24)/b16-10+. The van der Waals surface area contributed by atoms with Crippen molar-refractivity contribution in [3.8, 4) is 0 Å². The first-order chi connectivity index (χ1) is 12.8. The van der Waals surface area contributed by atoms with Crippen LogP contribution in [0.15, 0.2) is 47.4 Å². The summed E-state index contributed by atoms with van der Waals surface area (Å²) < 4.78 is 0. The minimum atomic E-state index is -0.485. The smallest absolute Gasteiger partial charge is 0.294 e. The Kier molecular flexibility index (Phi) is 5.68. The number of benzene rings is 2. The average Bonchev–Trinajstić information content (AvgIpc) is 2.86. The molecule has 1 N–H and O–H groups in total. The van der Waals surface area contributed by atoms with Crippen molar-refractivity contribution in [3.05, 3.63) is 69.1 Å². The highest BCUT2D eigenvalue weighted by molar-refractivity contribution is 8.18. The molecular weight excluding hydrogens is 384 g/mol. The zero-order chi connectivity index (χ0) is 19.6. The molecule has 1 fully saturated rings. The average molecular weight is 401 g/mol. The normalized spacial score (nSPS) is 15.5. The molecule has 5 nitrogen and oxygen atoms in total. The van der Waals surface area contributed by atoms with Gasteiger partial charge < -0.3 is 5.32 Å². The van der Waals surface area contributed by atoms with Crippen LogP contribution in [0.4, 0.5) is 10.5 Å². The number of thioether (sulfide) groups is 1. The number of aryl methyl sites for hydroxylation is 2. The maximum atomic E-state index is 12.5. The van der Waals surface area contributed by atoms with E-state index in [0.29, 0.717) is 16.3 Å². The fourth-order valence-electron chi connectivity index (χ4n) is 2.72. The number of anilines is 1. The van der Waals surface area contributed by atoms with Crippen molar-refractivity contribution in [1.82, 2.24) is 4.90 Å². The molecule has 1 heterocycles. The molecule has 2 aromatic rings. The van der Waals surface area contributed by atoms with E-state index >= 15 is 0 Å². The van der Waals surface area contributed by atoms with Gasteiger partial charge >= 0.3 is 0 Å². The number of halogens is 1. The molecule has 3 amide bonds. The summed E-state index contributed by atoms with van der Waals surface area (Å²) in [4.78, 5) is 38.3. The van der Waals surface area contributed by atoms with Gasteiger partial charge in [0, 0.05) is 10.7 Å². The first-order valence-corrected chi connectivity index (χ1v) is 9.41. The molecule has 27 heavy (non-hydrogen) atoms. The van der Waals surface area contributed by atoms with Gasteiger partial charge in [0.15, 0.2) is 0 Å². The number of para-hydroxylation sites is 1. The van der Waals surface area contributed by atoms with E-state index in [1.165, 1.54) is 0 Å². The van der Waals surface area contributed by atoms with Crippen LogP contribution in [-0.2, 0) is 9.59 Å². The lowest BCUT2D eigenvalue weighted by molar-refractivity contribution is -0.127. The number of rotatable bonds is 4. The lowest BCUT2D eigenvalue weighted by Crippen LogP contribution is -2.36. The third kappa shape index (κ3) is 4.40. The highest BCUT2D eigenvalue weighted by atomic mass is 35.5. The molecule has 1 saturated heterocycles. The SMILES string of the molecule is Cc1cccc(C)c1NC(=O)CN1C(=O)S/C(=C/c2cccc(Cl)c2)C1=O. The summed E-state index contributed by atoms with van der Waals surface area (Å²) in [6.45, 7) is 3.44. The Hall–Kier alpha value is -2.57. The van der Waals surface area contributed by atoms with Gasteiger partial charge in [-0.3, -0.25) is 19.3 Å². The zero-order valence-electron chi connectivity index (χ0n) is 14.8. The van der Waals surface area contributed by atoms with Crippen molar-refractivity contribution in [2.24, 2.45) is 0 Å². The van der Waals surface area contributed by atoms with Crippen molar-refractivity contribution < 1.29 is 14.4 Å². The summed E-state index contributed by atoms with van der Waals surface area (Å²) >= 11 is 6.76. The lowest BCUT2D eigenvalue weighted by Gasteiger charge is -2.15. The summed E-state index contributed by atoms with van der Waals surface area (Å²) in [7, 11) is 0. The summed E-state index contributed by atoms with van der Waals surface area (Å²) in [6, 6.07) is 12.6. The van der Waals surface area contributed by atoms with Gasteiger partial charge in [-0.25, -0.2) is 0 Å². The molecule has 0 radical (unpaired) electrons. The summed E-state index contributed by atoms with van der Waals surface area (Å²) in [5.41, 5.74) is 3.24. The highest BCUT2D eigenvalue weighted by Crippen LogP contribution is 2.32. The number of hydrogen-bond acceptors (Lipinski definition) is 4. The minimum Gasteiger partial charge on any atom is -0.324 e. The van der Waals surface area contributed by atoms with E-state index in [1.54, 1.807) is 30.3 Å². The zero-order valence-corrected chi connectivity index (χ0v) is 16.4. The predicted molar refractivity (Wildman–Crippen MR) is 109 cm³/mol. The van der Waals surface area contributed by atoms with Gasteiger partial charge in [-0.15, -0.1) is 0 Å². The van der Waals surface area contributed by atoms with Gasteiger partial charge in [0.1, 0.15) is 6.54 Å². The van der Waals surface area contributed by atoms with Crippen LogP contribution >= 0.6 is 23.4 Å². The number of nitrogens with zero attached hydrogens (tertiary/aromatic N) is 1. The van der Waals surface area contributed by atoms with Crippen LogP contribution in [0.1, 0.15) is 16.7 Å². The molecule has 0 aliphatic carbocycles. The number of imide groups is 1. The molecule has 0 spiro atoms. The molecule has 0 unspecified atom stereocenters. The Balaban J connectivity index is 1.73. The Labute approximate surface area is 166 Å². The van der Waals surface area contributed by atoms with Gasteiger partial charge in [-0.05, 0) is 60.5 Å². The van der Waals surface area contributed by atoms with Crippen LogP contribution < -0.4 is 5.32 Å². The summed E-state index contributed by atoms with van der Waals surface area (Å²) in [5.74, 6) is -0.902. The lowest BCUT2D eigenvalue weighted by atomic mass is 10.1. The Morgan fingerprint density at radius 3 is 2.48 bits per heavy atom. The molecule has 138 valence electrons. The van der Waals surface area contributed by atoms with Gasteiger partial charge in [0.05, 0.1) is 4.91 Å². The predicted octanol–water partition coefficient (Wildman–Crippen LogP) is 4.63. The fraction of sp³-hybridized carbons (Fsp3) is 0.150. The Morgan fingerprint density at radius 1 is 1.15 bits per heavy atom. The van der Waals surface area contributed by atoms with E-state index < -0.39 is 17.1 Å². The number of nitrogens with one attached hydrogen (secondary N) is 1. The van der Waals surface area contributed by atoms with Crippen LogP contribution in [0.3, 0.4) is 0 Å². The topological polar surface area (TPSA) is 66.5 Å². The van der Waals surface area contributed by atoms with Crippen LogP contribution in [0.5, 0.6) is 0 Å². The first kappa shape index (κ1) is 19.2. The van der Waals surface area contributed by atoms with E-state index in [9.17, 15) is 14.4 Å². The van der Waals surface area contributed by atoms with Crippen molar-refractivity contribution in [1.29, 1.82) is 0 Å². The molecule has 7 heteroatoms. The largest absolute Gasteiger partial charge is 0.324 e. The third-order valence-electron chi connectivity index (χ3n) is 4.07. The fourth-order valence-corrected chi connectivity index (χ4v) is 3.76. The van der Waals surface area contributed by atoms with Crippen LogP contribution in [-0.4, -0.2) is 28.5 Å². The highest BCUT2D eigenvalue weighted by Gasteiger charge is 2.36. The molecule has 3 rings (SSSR count). The molecule has 0 atom stereocenters.